The lowest BCUT2D eigenvalue weighted by atomic mass is 9.94. The third-order valence-electron chi connectivity index (χ3n) is 6.22. The van der Waals surface area contributed by atoms with Crippen molar-refractivity contribution in [2.24, 2.45) is 5.92 Å². The average molecular weight is 370 g/mol. The monoisotopic (exact) mass is 370 g/mol. The van der Waals surface area contributed by atoms with Gasteiger partial charge in [0.25, 0.3) is 5.91 Å². The molecule has 4 aliphatic rings. The summed E-state index contributed by atoms with van der Waals surface area (Å²) in [5.74, 6) is 0.663. The zero-order chi connectivity index (χ0) is 18.8. The minimum atomic E-state index is -0.140. The Balaban J connectivity index is 1.44. The van der Waals surface area contributed by atoms with Crippen molar-refractivity contribution >= 4 is 11.8 Å². The number of nitrogens with one attached hydrogen (secondary N) is 2. The Bertz CT molecular complexity index is 680. The van der Waals surface area contributed by atoms with Gasteiger partial charge in [-0.25, -0.2) is 5.43 Å². The van der Waals surface area contributed by atoms with Crippen molar-refractivity contribution in [1.29, 1.82) is 0 Å². The molecule has 0 saturated carbocycles. The Morgan fingerprint density at radius 1 is 1.07 bits per heavy atom. The summed E-state index contributed by atoms with van der Waals surface area (Å²) in [4.78, 5) is 30.1. The van der Waals surface area contributed by atoms with Gasteiger partial charge in [0.15, 0.2) is 0 Å². The van der Waals surface area contributed by atoms with E-state index in [2.05, 4.69) is 22.7 Å². The smallest absolute Gasteiger partial charge is 0.253 e. The van der Waals surface area contributed by atoms with Crippen LogP contribution in [0.1, 0.15) is 49.4 Å². The molecule has 2 unspecified atom stereocenters. The Hall–Kier alpha value is -1.92. The fourth-order valence-corrected chi connectivity index (χ4v) is 4.80. The van der Waals surface area contributed by atoms with Gasteiger partial charge in [0.1, 0.15) is 6.04 Å². The summed E-state index contributed by atoms with van der Waals surface area (Å²) in [5, 5.41) is 0. The summed E-state index contributed by atoms with van der Waals surface area (Å²) >= 11 is 0. The van der Waals surface area contributed by atoms with E-state index in [9.17, 15) is 9.59 Å². The van der Waals surface area contributed by atoms with Gasteiger partial charge in [-0.1, -0.05) is 31.5 Å². The Morgan fingerprint density at radius 3 is 2.67 bits per heavy atom. The van der Waals surface area contributed by atoms with Crippen molar-refractivity contribution in [3.8, 4) is 0 Å². The maximum absolute atomic E-state index is 13.2. The molecule has 0 aromatic heterocycles. The quantitative estimate of drug-likeness (QED) is 0.848. The topological polar surface area (TPSA) is 64.7 Å². The van der Waals surface area contributed by atoms with Gasteiger partial charge < -0.3 is 9.80 Å². The number of carbonyl (C=O) groups excluding carboxylic acids is 2. The van der Waals surface area contributed by atoms with Crippen molar-refractivity contribution in [2.75, 3.05) is 19.6 Å². The number of amides is 2. The molecule has 0 radical (unpaired) electrons. The Kier molecular flexibility index (Phi) is 5.45. The second kappa shape index (κ2) is 7.98. The van der Waals surface area contributed by atoms with Crippen LogP contribution in [0.25, 0.3) is 0 Å². The van der Waals surface area contributed by atoms with Gasteiger partial charge in [0, 0.05) is 37.3 Å². The highest BCUT2D eigenvalue weighted by Crippen LogP contribution is 2.30. The number of hydrogen-bond donors (Lipinski definition) is 2. The highest BCUT2D eigenvalue weighted by molar-refractivity contribution is 5.94. The summed E-state index contributed by atoms with van der Waals surface area (Å²) in [5.41, 5.74) is 7.22. The van der Waals surface area contributed by atoms with Crippen molar-refractivity contribution < 1.29 is 9.59 Å². The van der Waals surface area contributed by atoms with Crippen LogP contribution in [0, 0.1) is 5.92 Å². The minimum absolute atomic E-state index is 0.0884. The predicted octanol–water partition coefficient (Wildman–Crippen LogP) is 1.78. The standard InChI is InChI=1S/C21H30N4O2/c1-2-6-17-11-19(23-22-17)21(27)25-13-15-9-10-18(25)14-24(12-15)20(26)16-7-4-3-5-8-16/h3-5,7-8,15,17-19,22-23H,2,6,9-14H2,1H3/t15-,17?,18+,19?/m0/s1. The third-order valence-corrected chi connectivity index (χ3v) is 6.22. The van der Waals surface area contributed by atoms with Crippen LogP contribution in [0.15, 0.2) is 30.3 Å². The van der Waals surface area contributed by atoms with Gasteiger partial charge in [0.05, 0.1) is 0 Å². The molecule has 1 aromatic rings. The molecule has 6 heteroatoms. The van der Waals surface area contributed by atoms with Gasteiger partial charge in [-0.05, 0) is 43.7 Å². The highest BCUT2D eigenvalue weighted by atomic mass is 16.2. The molecule has 2 bridgehead atoms. The summed E-state index contributed by atoms with van der Waals surface area (Å²) in [6.07, 6.45) is 5.15. The van der Waals surface area contributed by atoms with Crippen LogP contribution >= 0.6 is 0 Å². The SMILES string of the molecule is CCCC1CC(C(=O)N2C[C@H]3CC[C@@H]2CN(C(=O)c2ccccc2)C3)NN1. The van der Waals surface area contributed by atoms with Crippen LogP contribution in [-0.2, 0) is 4.79 Å². The molecule has 27 heavy (non-hydrogen) atoms. The second-order valence-corrected chi connectivity index (χ2v) is 8.23. The fraction of sp³-hybridized carbons (Fsp3) is 0.619. The van der Waals surface area contributed by atoms with Gasteiger partial charge in [-0.2, -0.15) is 0 Å². The highest BCUT2D eigenvalue weighted by Gasteiger charge is 2.41. The number of fused-ring (bicyclic) bond motifs is 4. The molecule has 0 aliphatic carbocycles. The second-order valence-electron chi connectivity index (χ2n) is 8.23. The third kappa shape index (κ3) is 3.87. The molecular weight excluding hydrogens is 340 g/mol. The molecule has 4 aliphatic heterocycles. The van der Waals surface area contributed by atoms with E-state index in [4.69, 9.17) is 0 Å². The molecule has 2 N–H and O–H groups in total. The van der Waals surface area contributed by atoms with Crippen molar-refractivity contribution in [1.82, 2.24) is 20.7 Å². The number of rotatable bonds is 4. The summed E-state index contributed by atoms with van der Waals surface area (Å²) in [7, 11) is 0. The van der Waals surface area contributed by atoms with E-state index in [0.717, 1.165) is 50.8 Å². The minimum Gasteiger partial charge on any atom is -0.336 e. The predicted molar refractivity (Wildman–Crippen MR) is 104 cm³/mol. The van der Waals surface area contributed by atoms with E-state index >= 15 is 0 Å². The summed E-state index contributed by atoms with van der Waals surface area (Å²) < 4.78 is 0. The molecule has 1 aromatic carbocycles. The van der Waals surface area contributed by atoms with Crippen molar-refractivity contribution in [3.05, 3.63) is 35.9 Å². The van der Waals surface area contributed by atoms with Gasteiger partial charge in [-0.3, -0.25) is 15.0 Å². The van der Waals surface area contributed by atoms with Crippen molar-refractivity contribution in [3.63, 3.8) is 0 Å². The van der Waals surface area contributed by atoms with Gasteiger partial charge >= 0.3 is 0 Å². The number of hydrogen-bond acceptors (Lipinski definition) is 4. The van der Waals surface area contributed by atoms with Gasteiger partial charge in [-0.15, -0.1) is 0 Å². The van der Waals surface area contributed by atoms with Crippen molar-refractivity contribution in [2.45, 2.75) is 57.2 Å². The number of carbonyl (C=O) groups is 2. The average Bonchev–Trinajstić information content (AvgIpc) is 2.97. The molecule has 4 fully saturated rings. The van der Waals surface area contributed by atoms with Crippen LogP contribution in [0.5, 0.6) is 0 Å². The molecule has 2 amide bonds. The molecule has 4 saturated heterocycles. The van der Waals surface area contributed by atoms with E-state index in [1.54, 1.807) is 0 Å². The maximum Gasteiger partial charge on any atom is 0.253 e. The molecular formula is C21H30N4O2. The zero-order valence-corrected chi connectivity index (χ0v) is 16.1. The zero-order valence-electron chi connectivity index (χ0n) is 16.1. The van der Waals surface area contributed by atoms with Crippen LogP contribution in [0.3, 0.4) is 0 Å². The molecule has 146 valence electrons. The van der Waals surface area contributed by atoms with E-state index in [0.29, 0.717) is 18.5 Å². The van der Waals surface area contributed by atoms with Crippen LogP contribution in [-0.4, -0.2) is 59.4 Å². The molecule has 0 spiro atoms. The Labute approximate surface area is 161 Å². The fourth-order valence-electron chi connectivity index (χ4n) is 4.80. The van der Waals surface area contributed by atoms with E-state index in [-0.39, 0.29) is 23.9 Å². The first kappa shape index (κ1) is 18.4. The van der Waals surface area contributed by atoms with E-state index < -0.39 is 0 Å². The molecule has 4 atom stereocenters. The first-order valence-corrected chi connectivity index (χ1v) is 10.3. The first-order valence-electron chi connectivity index (χ1n) is 10.3. The number of benzene rings is 1. The van der Waals surface area contributed by atoms with Crippen LogP contribution in [0.2, 0.25) is 0 Å². The molecule has 6 nitrogen and oxygen atoms in total. The normalized spacial score (nSPS) is 30.4. The Morgan fingerprint density at radius 2 is 1.89 bits per heavy atom. The first-order chi connectivity index (χ1) is 13.2. The lowest BCUT2D eigenvalue weighted by Gasteiger charge is -2.37. The largest absolute Gasteiger partial charge is 0.336 e. The maximum atomic E-state index is 13.2. The van der Waals surface area contributed by atoms with Gasteiger partial charge in [0.2, 0.25) is 5.91 Å². The molecule has 5 rings (SSSR count). The van der Waals surface area contributed by atoms with Crippen LogP contribution in [0.4, 0.5) is 0 Å². The number of piperidine rings is 1. The molecule has 4 heterocycles. The summed E-state index contributed by atoms with van der Waals surface area (Å²) in [6.45, 7) is 4.35. The number of nitrogens with zero attached hydrogens (tertiary/aromatic N) is 2. The van der Waals surface area contributed by atoms with E-state index in [1.165, 1.54) is 0 Å². The summed E-state index contributed by atoms with van der Waals surface area (Å²) in [6, 6.07) is 9.86. The number of hydrazine groups is 1. The lowest BCUT2D eigenvalue weighted by molar-refractivity contribution is -0.137. The lowest BCUT2D eigenvalue weighted by Crippen LogP contribution is -2.53. The van der Waals surface area contributed by atoms with E-state index in [1.807, 2.05) is 35.2 Å². The van der Waals surface area contributed by atoms with Crippen LogP contribution < -0.4 is 10.9 Å².